The molecule has 1 saturated carbocycles. The molecule has 2 fully saturated rings. The van der Waals surface area contributed by atoms with Crippen molar-refractivity contribution >= 4 is 11.1 Å². The molecule has 1 aromatic heterocycles. The van der Waals surface area contributed by atoms with Crippen molar-refractivity contribution < 1.29 is 23.8 Å². The Bertz CT molecular complexity index is 1130. The highest BCUT2D eigenvalue weighted by molar-refractivity contribution is 5.72. The molecule has 158 valence electrons. The van der Waals surface area contributed by atoms with Gasteiger partial charge in [0.05, 0.1) is 17.2 Å². The minimum atomic E-state index is -0.910. The van der Waals surface area contributed by atoms with Crippen molar-refractivity contribution in [3.63, 3.8) is 0 Å². The van der Waals surface area contributed by atoms with Crippen LogP contribution in [-0.2, 0) is 0 Å². The molecular formula is C22H23FN2O5. The van der Waals surface area contributed by atoms with Gasteiger partial charge in [0.15, 0.2) is 17.1 Å². The van der Waals surface area contributed by atoms with Crippen molar-refractivity contribution in [2.75, 3.05) is 19.6 Å². The molecule has 2 heterocycles. The number of ether oxygens (including phenoxy) is 1. The summed E-state index contributed by atoms with van der Waals surface area (Å²) in [5.74, 6) is -0.711. The van der Waals surface area contributed by atoms with Gasteiger partial charge in [0.25, 0.3) is 0 Å². The number of halogens is 1. The number of hydrogen-bond donors (Lipinski definition) is 3. The number of benzene rings is 2. The summed E-state index contributed by atoms with van der Waals surface area (Å²) in [7, 11) is 0. The maximum atomic E-state index is 13.8. The molecule has 1 aliphatic heterocycles. The number of likely N-dealkylation sites (tertiary alicyclic amines) is 1. The predicted octanol–water partition coefficient (Wildman–Crippen LogP) is 2.20. The first-order chi connectivity index (χ1) is 14.4. The van der Waals surface area contributed by atoms with E-state index in [-0.39, 0.29) is 17.8 Å². The van der Waals surface area contributed by atoms with E-state index in [2.05, 4.69) is 4.98 Å². The van der Waals surface area contributed by atoms with Gasteiger partial charge in [-0.15, -0.1) is 0 Å². The number of para-hydroxylation sites is 1. The fourth-order valence-electron chi connectivity index (χ4n) is 4.85. The molecule has 0 spiro atoms. The average molecular weight is 414 g/mol. The Morgan fingerprint density at radius 2 is 2.17 bits per heavy atom. The number of H-pyrrole nitrogens is 1. The summed E-state index contributed by atoms with van der Waals surface area (Å²) in [6, 6.07) is 11.4. The minimum absolute atomic E-state index is 0.00616. The number of rotatable bonds is 5. The lowest BCUT2D eigenvalue weighted by atomic mass is 9.95. The number of aliphatic hydroxyl groups is 2. The van der Waals surface area contributed by atoms with Crippen LogP contribution < -0.4 is 10.5 Å². The number of aliphatic hydroxyl groups excluding tert-OH is 1. The highest BCUT2D eigenvalue weighted by atomic mass is 19.1. The van der Waals surface area contributed by atoms with Crippen LogP contribution in [-0.4, -0.2) is 51.4 Å². The second kappa shape index (κ2) is 7.23. The van der Waals surface area contributed by atoms with Crippen molar-refractivity contribution in [1.82, 2.24) is 9.88 Å². The van der Waals surface area contributed by atoms with Crippen molar-refractivity contribution in [3.05, 3.63) is 64.4 Å². The summed E-state index contributed by atoms with van der Waals surface area (Å²) in [5.41, 5.74) is 0.728. The summed E-state index contributed by atoms with van der Waals surface area (Å²) in [4.78, 5) is 15.9. The number of aromatic nitrogens is 1. The van der Waals surface area contributed by atoms with E-state index in [1.165, 1.54) is 6.07 Å². The van der Waals surface area contributed by atoms with Crippen molar-refractivity contribution in [1.29, 1.82) is 0 Å². The van der Waals surface area contributed by atoms with Crippen LogP contribution in [0.4, 0.5) is 4.39 Å². The van der Waals surface area contributed by atoms with E-state index in [1.54, 1.807) is 36.4 Å². The van der Waals surface area contributed by atoms with Gasteiger partial charge in [0.1, 0.15) is 6.10 Å². The molecule has 7 nitrogen and oxygen atoms in total. The molecule has 1 saturated heterocycles. The van der Waals surface area contributed by atoms with E-state index in [9.17, 15) is 19.4 Å². The molecule has 0 radical (unpaired) electrons. The largest absolute Gasteiger partial charge is 0.487 e. The lowest BCUT2D eigenvalue weighted by Gasteiger charge is -2.25. The Morgan fingerprint density at radius 3 is 2.97 bits per heavy atom. The topological polar surface area (TPSA) is 98.9 Å². The summed E-state index contributed by atoms with van der Waals surface area (Å²) in [6.07, 6.45) is 0.0575. The SMILES string of the molecule is O=c1[nH]c2ccc([C@@H](O)CN3C[C@H]4C[C@H](Oc5ccccc5F)C[C@@]4(O)C3)cc2o1. The predicted molar refractivity (Wildman–Crippen MR) is 107 cm³/mol. The molecule has 2 aromatic carbocycles. The lowest BCUT2D eigenvalue weighted by Crippen LogP contribution is -2.36. The molecular weight excluding hydrogens is 391 g/mol. The van der Waals surface area contributed by atoms with Crippen molar-refractivity contribution in [2.45, 2.75) is 30.7 Å². The zero-order valence-electron chi connectivity index (χ0n) is 16.3. The van der Waals surface area contributed by atoms with Crippen LogP contribution in [0.5, 0.6) is 5.75 Å². The monoisotopic (exact) mass is 414 g/mol. The zero-order chi connectivity index (χ0) is 20.9. The van der Waals surface area contributed by atoms with E-state index in [0.29, 0.717) is 49.1 Å². The Hall–Kier alpha value is -2.68. The number of fused-ring (bicyclic) bond motifs is 2. The highest BCUT2D eigenvalue weighted by Crippen LogP contribution is 2.43. The first-order valence-corrected chi connectivity index (χ1v) is 10.1. The van der Waals surface area contributed by atoms with E-state index < -0.39 is 23.3 Å². The smallest absolute Gasteiger partial charge is 0.417 e. The molecule has 0 amide bonds. The first-order valence-electron chi connectivity index (χ1n) is 10.1. The van der Waals surface area contributed by atoms with Gasteiger partial charge in [-0.1, -0.05) is 18.2 Å². The second-order valence-electron chi connectivity index (χ2n) is 8.39. The normalized spacial score (nSPS) is 27.4. The van der Waals surface area contributed by atoms with Crippen LogP contribution in [0.2, 0.25) is 0 Å². The number of β-amino-alcohol motifs (C(OH)–C–C–N with tert-alkyl or cyclic N) is 2. The van der Waals surface area contributed by atoms with E-state index in [4.69, 9.17) is 9.15 Å². The minimum Gasteiger partial charge on any atom is -0.487 e. The Balaban J connectivity index is 1.22. The Morgan fingerprint density at radius 1 is 1.33 bits per heavy atom. The molecule has 4 atom stereocenters. The third-order valence-electron chi connectivity index (χ3n) is 6.26. The summed E-state index contributed by atoms with van der Waals surface area (Å²) >= 11 is 0. The fourth-order valence-corrected chi connectivity index (χ4v) is 4.85. The summed E-state index contributed by atoms with van der Waals surface area (Å²) < 4.78 is 24.7. The molecule has 0 unspecified atom stereocenters. The molecule has 0 bridgehead atoms. The average Bonchev–Trinajstić information content (AvgIpc) is 3.30. The van der Waals surface area contributed by atoms with Crippen LogP contribution in [0.3, 0.4) is 0 Å². The van der Waals surface area contributed by atoms with Crippen LogP contribution in [0, 0.1) is 11.7 Å². The van der Waals surface area contributed by atoms with Gasteiger partial charge in [-0.05, 0) is 36.2 Å². The summed E-state index contributed by atoms with van der Waals surface area (Å²) in [6.45, 7) is 1.41. The number of nitrogens with zero attached hydrogens (tertiary/aromatic N) is 1. The number of hydrogen-bond acceptors (Lipinski definition) is 6. The maximum absolute atomic E-state index is 13.8. The Kier molecular flexibility index (Phi) is 4.65. The van der Waals surface area contributed by atoms with Gasteiger partial charge >= 0.3 is 5.76 Å². The van der Waals surface area contributed by atoms with Gasteiger partial charge in [-0.25, -0.2) is 9.18 Å². The third kappa shape index (κ3) is 3.51. The maximum Gasteiger partial charge on any atom is 0.417 e. The van der Waals surface area contributed by atoms with Gasteiger partial charge in [0.2, 0.25) is 0 Å². The van der Waals surface area contributed by atoms with Crippen molar-refractivity contribution in [3.8, 4) is 5.75 Å². The number of nitrogens with one attached hydrogen (secondary N) is 1. The second-order valence-corrected chi connectivity index (χ2v) is 8.39. The van der Waals surface area contributed by atoms with Gasteiger partial charge in [-0.2, -0.15) is 0 Å². The first kappa shape index (κ1) is 19.3. The van der Waals surface area contributed by atoms with Gasteiger partial charge in [-0.3, -0.25) is 9.88 Å². The molecule has 2 aliphatic rings. The molecule has 1 aliphatic carbocycles. The van der Waals surface area contributed by atoms with Crippen LogP contribution in [0.25, 0.3) is 11.1 Å². The van der Waals surface area contributed by atoms with E-state index >= 15 is 0 Å². The van der Waals surface area contributed by atoms with Crippen LogP contribution in [0.1, 0.15) is 24.5 Å². The fraction of sp³-hybridized carbons (Fsp3) is 0.409. The number of oxazole rings is 1. The zero-order valence-corrected chi connectivity index (χ0v) is 16.3. The molecule has 8 heteroatoms. The van der Waals surface area contributed by atoms with E-state index in [1.807, 2.05) is 4.90 Å². The molecule has 3 N–H and O–H groups in total. The van der Waals surface area contributed by atoms with Crippen LogP contribution >= 0.6 is 0 Å². The van der Waals surface area contributed by atoms with Crippen LogP contribution in [0.15, 0.2) is 51.7 Å². The highest BCUT2D eigenvalue weighted by Gasteiger charge is 2.52. The standard InChI is InChI=1S/C22H23FN2O5/c23-16-3-1-2-4-19(16)29-15-8-14-10-25(12-22(14,28)9-15)11-18(26)13-5-6-17-20(7-13)30-21(27)24-17/h1-7,14-15,18,26,28H,8-12H2,(H,24,27)/t14-,15+,18+,22-/m1/s1. The van der Waals surface area contributed by atoms with Gasteiger partial charge < -0.3 is 19.4 Å². The van der Waals surface area contributed by atoms with Crippen molar-refractivity contribution in [2.24, 2.45) is 5.92 Å². The van der Waals surface area contributed by atoms with E-state index in [0.717, 1.165) is 0 Å². The summed E-state index contributed by atoms with van der Waals surface area (Å²) in [5, 5.41) is 21.7. The quantitative estimate of drug-likeness (QED) is 0.592. The number of aromatic amines is 1. The molecule has 5 rings (SSSR count). The third-order valence-corrected chi connectivity index (χ3v) is 6.26. The van der Waals surface area contributed by atoms with Gasteiger partial charge in [0, 0.05) is 32.0 Å². The molecule has 3 aromatic rings. The Labute approximate surface area is 171 Å². The molecule has 30 heavy (non-hydrogen) atoms. The lowest BCUT2D eigenvalue weighted by molar-refractivity contribution is 0.0176.